The minimum atomic E-state index is -4.52. The fraction of sp³-hybridized carbons (Fsp3) is 0.848. The maximum Gasteiger partial charge on any atom is 0.472 e. The highest BCUT2D eigenvalue weighted by Crippen LogP contribution is 2.43. The first-order valence-corrected chi connectivity index (χ1v) is 24.5. The van der Waals surface area contributed by atoms with E-state index in [0.29, 0.717) is 13.0 Å². The van der Waals surface area contributed by atoms with Gasteiger partial charge in [0.15, 0.2) is 0 Å². The summed E-state index contributed by atoms with van der Waals surface area (Å²) >= 11 is 0. The summed E-state index contributed by atoms with van der Waals surface area (Å²) in [6, 6.07) is 0. The highest BCUT2D eigenvalue weighted by molar-refractivity contribution is 7.47. The van der Waals surface area contributed by atoms with Crippen molar-refractivity contribution in [2.24, 2.45) is 0 Å². The predicted octanol–water partition coefficient (Wildman–Crippen LogP) is 12.8. The van der Waals surface area contributed by atoms with Crippen molar-refractivity contribution in [1.82, 2.24) is 0 Å². The smallest absolute Gasteiger partial charge is 0.457 e. The Morgan fingerprint density at radius 1 is 0.571 bits per heavy atom. The van der Waals surface area contributed by atoms with E-state index in [0.717, 1.165) is 57.8 Å². The number of carbonyl (C=O) groups excluding carboxylic acids is 1. The second-order valence-electron chi connectivity index (χ2n) is 15.4. The second-order valence-corrected chi connectivity index (χ2v) is 16.9. The number of ether oxygens (including phenoxy) is 2. The Morgan fingerprint density at radius 3 is 1.52 bits per heavy atom. The predicted molar refractivity (Wildman–Crippen MR) is 233 cm³/mol. The molecule has 0 amide bonds. The average Bonchev–Trinajstić information content (AvgIpc) is 3.19. The van der Waals surface area contributed by atoms with Crippen LogP contribution >= 0.6 is 7.82 Å². The fourth-order valence-corrected chi connectivity index (χ4v) is 7.16. The lowest BCUT2D eigenvalue weighted by molar-refractivity contribution is -0.154. The summed E-state index contributed by atoms with van der Waals surface area (Å²) in [7, 11) is -4.52. The number of phosphoric acid groups is 1. The van der Waals surface area contributed by atoms with Gasteiger partial charge in [-0.3, -0.25) is 13.8 Å². The van der Waals surface area contributed by atoms with Gasteiger partial charge >= 0.3 is 13.8 Å². The molecule has 0 aliphatic heterocycles. The zero-order chi connectivity index (χ0) is 41.1. The standard InChI is InChI=1S/C46H87O9P/c1-3-5-7-9-11-13-15-17-18-19-20-21-22-23-24-25-27-29-31-33-35-37-39-52-42-45(43-54-56(50,51)53-41-44(48)40-47)55-46(49)38-36-34-32-30-28-26-16-14-12-10-8-6-4-2/h6,8,12,14,26,28,44-45,47-48H,3-5,7,9-11,13,15-25,27,29-43H2,1-2H3,(H,50,51)/b8-6-,14-12-,28-26-. The van der Waals surface area contributed by atoms with Crippen LogP contribution < -0.4 is 0 Å². The third-order valence-electron chi connectivity index (χ3n) is 9.84. The zero-order valence-electron chi connectivity index (χ0n) is 36.1. The molecule has 0 heterocycles. The summed E-state index contributed by atoms with van der Waals surface area (Å²) in [6.45, 7) is 3.39. The maximum atomic E-state index is 12.6. The lowest BCUT2D eigenvalue weighted by Gasteiger charge is -2.20. The van der Waals surface area contributed by atoms with Crippen molar-refractivity contribution in [3.8, 4) is 0 Å². The minimum absolute atomic E-state index is 0.0401. The van der Waals surface area contributed by atoms with Crippen molar-refractivity contribution in [1.29, 1.82) is 0 Å². The van der Waals surface area contributed by atoms with Crippen LogP contribution in [0.5, 0.6) is 0 Å². The Kier molecular flexibility index (Phi) is 42.2. The van der Waals surface area contributed by atoms with Gasteiger partial charge in [-0.05, 0) is 44.9 Å². The van der Waals surface area contributed by atoms with Gasteiger partial charge < -0.3 is 24.6 Å². The molecule has 0 aromatic carbocycles. The van der Waals surface area contributed by atoms with Crippen LogP contribution in [0.4, 0.5) is 0 Å². The van der Waals surface area contributed by atoms with Crippen LogP contribution in [-0.4, -0.2) is 66.3 Å². The normalized spacial score (nSPS) is 14.3. The molecule has 0 rings (SSSR count). The van der Waals surface area contributed by atoms with Gasteiger partial charge in [-0.2, -0.15) is 0 Å². The molecule has 56 heavy (non-hydrogen) atoms. The van der Waals surface area contributed by atoms with Gasteiger partial charge in [-0.25, -0.2) is 4.57 Å². The Bertz CT molecular complexity index is 970. The summed E-state index contributed by atoms with van der Waals surface area (Å²) in [5.41, 5.74) is 0. The molecule has 0 spiro atoms. The molecule has 0 fully saturated rings. The Balaban J connectivity index is 4.07. The molecule has 0 saturated carbocycles. The van der Waals surface area contributed by atoms with Crippen molar-refractivity contribution in [2.45, 2.75) is 219 Å². The quantitative estimate of drug-likeness (QED) is 0.0238. The van der Waals surface area contributed by atoms with Gasteiger partial charge in [-0.1, -0.05) is 192 Å². The molecule has 10 heteroatoms. The van der Waals surface area contributed by atoms with Gasteiger partial charge in [0, 0.05) is 13.0 Å². The van der Waals surface area contributed by atoms with Gasteiger partial charge in [0.1, 0.15) is 12.2 Å². The van der Waals surface area contributed by atoms with Crippen LogP contribution in [-0.2, 0) is 27.9 Å². The van der Waals surface area contributed by atoms with E-state index in [4.69, 9.17) is 23.6 Å². The first kappa shape index (κ1) is 54.7. The van der Waals surface area contributed by atoms with Crippen LogP contribution in [0.15, 0.2) is 36.5 Å². The van der Waals surface area contributed by atoms with E-state index < -0.39 is 39.2 Å². The number of unbranched alkanes of at least 4 members (excludes halogenated alkanes) is 24. The van der Waals surface area contributed by atoms with E-state index in [2.05, 4.69) is 50.3 Å². The maximum absolute atomic E-state index is 12.6. The third-order valence-corrected chi connectivity index (χ3v) is 10.8. The van der Waals surface area contributed by atoms with Gasteiger partial charge in [-0.15, -0.1) is 0 Å². The molecule has 3 N–H and O–H groups in total. The molecule has 9 nitrogen and oxygen atoms in total. The highest BCUT2D eigenvalue weighted by atomic mass is 31.2. The molecule has 3 atom stereocenters. The number of hydrogen-bond donors (Lipinski definition) is 3. The topological polar surface area (TPSA) is 132 Å². The Hall–Kier alpha value is -1.32. The number of hydrogen-bond acceptors (Lipinski definition) is 8. The lowest BCUT2D eigenvalue weighted by Crippen LogP contribution is -2.29. The summed E-state index contributed by atoms with van der Waals surface area (Å²) < 4.78 is 33.4. The average molecular weight is 815 g/mol. The van der Waals surface area contributed by atoms with Crippen molar-refractivity contribution in [3.05, 3.63) is 36.5 Å². The monoisotopic (exact) mass is 815 g/mol. The van der Waals surface area contributed by atoms with Crippen molar-refractivity contribution >= 4 is 13.8 Å². The van der Waals surface area contributed by atoms with Crippen LogP contribution in [0, 0.1) is 0 Å². The third kappa shape index (κ3) is 42.3. The number of aliphatic hydroxyl groups excluding tert-OH is 2. The molecule has 0 saturated heterocycles. The van der Waals surface area contributed by atoms with Crippen LogP contribution in [0.1, 0.15) is 206 Å². The number of aliphatic hydroxyl groups is 2. The molecule has 0 aromatic heterocycles. The summed E-state index contributed by atoms with van der Waals surface area (Å²) in [5.74, 6) is -0.409. The molecule has 0 aromatic rings. The van der Waals surface area contributed by atoms with E-state index in [9.17, 15) is 19.4 Å². The molecule has 0 aliphatic carbocycles. The summed E-state index contributed by atoms with van der Waals surface area (Å²) in [4.78, 5) is 22.6. The second kappa shape index (κ2) is 43.3. The van der Waals surface area contributed by atoms with Crippen molar-refractivity contribution < 1.29 is 43.0 Å². The first-order valence-electron chi connectivity index (χ1n) is 23.0. The van der Waals surface area contributed by atoms with Crippen LogP contribution in [0.3, 0.4) is 0 Å². The largest absolute Gasteiger partial charge is 0.472 e. The van der Waals surface area contributed by atoms with Crippen LogP contribution in [0.2, 0.25) is 0 Å². The number of rotatable bonds is 44. The minimum Gasteiger partial charge on any atom is -0.457 e. The van der Waals surface area contributed by atoms with E-state index in [1.807, 2.05) is 0 Å². The number of esters is 1. The van der Waals surface area contributed by atoms with E-state index in [1.54, 1.807) is 0 Å². The number of phosphoric ester groups is 1. The zero-order valence-corrected chi connectivity index (χ0v) is 37.0. The van der Waals surface area contributed by atoms with E-state index in [1.165, 1.54) is 122 Å². The molecular weight excluding hydrogens is 727 g/mol. The lowest BCUT2D eigenvalue weighted by atomic mass is 10.0. The SMILES string of the molecule is CC/C=C\C/C=C\C/C=C\CCCCCC(=O)OC(COCCCCCCCCCCCCCCCCCCCCCCCC)COP(=O)(O)OCC(O)CO. The Morgan fingerprint density at radius 2 is 1.02 bits per heavy atom. The molecular formula is C46H87O9P. The summed E-state index contributed by atoms with van der Waals surface area (Å²) in [5, 5.41) is 18.3. The summed E-state index contributed by atoms with van der Waals surface area (Å²) in [6.07, 6.45) is 46.9. The van der Waals surface area contributed by atoms with E-state index in [-0.39, 0.29) is 19.6 Å². The van der Waals surface area contributed by atoms with Crippen molar-refractivity contribution in [3.63, 3.8) is 0 Å². The van der Waals surface area contributed by atoms with Crippen LogP contribution in [0.25, 0.3) is 0 Å². The molecule has 0 radical (unpaired) electrons. The molecule has 0 bridgehead atoms. The van der Waals surface area contributed by atoms with Gasteiger partial charge in [0.25, 0.3) is 0 Å². The number of carbonyl (C=O) groups is 1. The van der Waals surface area contributed by atoms with Crippen molar-refractivity contribution in [2.75, 3.05) is 33.0 Å². The first-order chi connectivity index (χ1) is 27.3. The molecule has 0 aliphatic rings. The van der Waals surface area contributed by atoms with Gasteiger partial charge in [0.2, 0.25) is 0 Å². The number of allylic oxidation sites excluding steroid dienone is 6. The molecule has 3 unspecified atom stereocenters. The Labute approximate surface area is 344 Å². The van der Waals surface area contributed by atoms with Gasteiger partial charge in [0.05, 0.1) is 26.4 Å². The molecule has 330 valence electrons. The highest BCUT2D eigenvalue weighted by Gasteiger charge is 2.26. The van der Waals surface area contributed by atoms with E-state index >= 15 is 0 Å². The fourth-order valence-electron chi connectivity index (χ4n) is 6.37.